The minimum Gasteiger partial charge on any atom is -0.508 e. The number of rotatable bonds is 7. The molecule has 198 valence electrons. The second kappa shape index (κ2) is 10.8. The van der Waals surface area contributed by atoms with Crippen molar-refractivity contribution < 1.29 is 23.8 Å². The van der Waals surface area contributed by atoms with Gasteiger partial charge >= 0.3 is 6.09 Å². The highest BCUT2D eigenvalue weighted by Gasteiger charge is 2.54. The molecule has 2 saturated heterocycles. The van der Waals surface area contributed by atoms with Crippen LogP contribution in [-0.2, 0) is 11.2 Å². The monoisotopic (exact) mass is 511 g/mol. The third kappa shape index (κ3) is 4.85. The zero-order valence-electron chi connectivity index (χ0n) is 22.0. The van der Waals surface area contributed by atoms with Crippen molar-refractivity contribution >= 4 is 34.2 Å². The molecule has 2 aromatic carbocycles. The van der Waals surface area contributed by atoms with Gasteiger partial charge in [0.2, 0.25) is 0 Å². The van der Waals surface area contributed by atoms with Gasteiger partial charge in [-0.25, -0.2) is 19.2 Å². The Morgan fingerprint density at radius 1 is 1.19 bits per heavy atom. The summed E-state index contributed by atoms with van der Waals surface area (Å²) in [5.41, 5.74) is 0.985. The quantitative estimate of drug-likeness (QED) is 0.416. The second-order valence-corrected chi connectivity index (χ2v) is 9.01. The van der Waals surface area contributed by atoms with Crippen LogP contribution in [0.4, 0.5) is 26.4 Å². The van der Waals surface area contributed by atoms with E-state index in [-0.39, 0.29) is 17.0 Å². The number of ether oxygens (including phenoxy) is 2. The third-order valence-corrected chi connectivity index (χ3v) is 6.59. The number of amides is 1. The van der Waals surface area contributed by atoms with Gasteiger partial charge in [0.15, 0.2) is 11.4 Å². The van der Waals surface area contributed by atoms with Gasteiger partial charge in [-0.15, -0.1) is 0 Å². The summed E-state index contributed by atoms with van der Waals surface area (Å²) in [6.07, 6.45) is 2.33. The highest BCUT2D eigenvalue weighted by atomic mass is 19.1. The number of carbonyl (C=O) groups is 1. The van der Waals surface area contributed by atoms with Gasteiger partial charge in [-0.1, -0.05) is 27.7 Å². The predicted molar refractivity (Wildman–Crippen MR) is 141 cm³/mol. The number of hydrogen-bond donors (Lipinski definition) is 2. The number of nitrogens with one attached hydrogen (secondary N) is 1. The van der Waals surface area contributed by atoms with E-state index in [2.05, 4.69) is 27.1 Å². The van der Waals surface area contributed by atoms with Gasteiger partial charge in [0.25, 0.3) is 0 Å². The molecule has 0 radical (unpaired) electrons. The highest BCUT2D eigenvalue weighted by molar-refractivity contribution is 6.00. The van der Waals surface area contributed by atoms with Crippen LogP contribution in [0, 0.1) is 5.82 Å². The summed E-state index contributed by atoms with van der Waals surface area (Å²) in [6, 6.07) is 6.40. The Morgan fingerprint density at radius 2 is 1.95 bits per heavy atom. The van der Waals surface area contributed by atoms with E-state index in [4.69, 9.17) is 9.47 Å². The summed E-state index contributed by atoms with van der Waals surface area (Å²) in [5, 5.41) is 13.6. The summed E-state index contributed by atoms with van der Waals surface area (Å²) in [7, 11) is 1.53. The Hall–Kier alpha value is -3.66. The summed E-state index contributed by atoms with van der Waals surface area (Å²) < 4.78 is 26.3. The number of aromatic nitrogens is 2. The van der Waals surface area contributed by atoms with E-state index in [1.807, 2.05) is 13.8 Å². The maximum absolute atomic E-state index is 15.0. The molecule has 0 unspecified atom stereocenters. The molecule has 0 saturated carbocycles. The molecule has 2 N–H and O–H groups in total. The molecule has 0 bridgehead atoms. The normalized spacial score (nSPS) is 16.3. The summed E-state index contributed by atoms with van der Waals surface area (Å²) in [4.78, 5) is 25.4. The number of halogens is 1. The molecule has 37 heavy (non-hydrogen) atoms. The summed E-state index contributed by atoms with van der Waals surface area (Å²) in [6.45, 7) is 10.7. The zero-order valence-corrected chi connectivity index (χ0v) is 22.0. The fourth-order valence-electron chi connectivity index (χ4n) is 4.93. The number of phenolic OH excluding ortho intramolecular Hbond substituents is 1. The van der Waals surface area contributed by atoms with Crippen molar-refractivity contribution in [1.29, 1.82) is 0 Å². The van der Waals surface area contributed by atoms with Crippen molar-refractivity contribution in [3.05, 3.63) is 42.0 Å². The van der Waals surface area contributed by atoms with Crippen LogP contribution in [0.3, 0.4) is 0 Å². The van der Waals surface area contributed by atoms with Crippen LogP contribution >= 0.6 is 0 Å². The van der Waals surface area contributed by atoms with Crippen LogP contribution in [0.25, 0.3) is 10.9 Å². The maximum atomic E-state index is 15.0. The average Bonchev–Trinajstić information content (AvgIpc) is 3.23. The number of carbonyl (C=O) groups excluding carboxylic acids is 1. The van der Waals surface area contributed by atoms with E-state index in [0.29, 0.717) is 54.2 Å². The van der Waals surface area contributed by atoms with E-state index in [0.717, 1.165) is 13.0 Å². The number of phenols is 1. The molecule has 1 spiro atoms. The standard InChI is InChI=1S/C25H28FN5O4.C2H6/c1-4-8-30-11-25(12-30)13-31(24(33)35-25)19-9-16-18(10-21(19)34-3)27-14-28-23(16)29-17-6-7-20(32)15(5-2)22(17)26;1-2/h6-7,9-10,14,32H,4-5,8,11-13H2,1-3H3,(H,27,28,29);1-2H3. The van der Waals surface area contributed by atoms with Crippen LogP contribution in [0.1, 0.15) is 39.7 Å². The molecule has 1 aromatic heterocycles. The van der Waals surface area contributed by atoms with E-state index < -0.39 is 17.5 Å². The zero-order chi connectivity index (χ0) is 26.7. The molecular weight excluding hydrogens is 477 g/mol. The Morgan fingerprint density at radius 3 is 2.62 bits per heavy atom. The van der Waals surface area contributed by atoms with Crippen molar-refractivity contribution in [2.45, 2.75) is 46.1 Å². The number of likely N-dealkylation sites (tertiary alicyclic amines) is 1. The smallest absolute Gasteiger partial charge is 0.415 e. The number of fused-ring (bicyclic) bond motifs is 1. The van der Waals surface area contributed by atoms with E-state index >= 15 is 0 Å². The lowest BCUT2D eigenvalue weighted by atomic mass is 9.93. The largest absolute Gasteiger partial charge is 0.508 e. The lowest BCUT2D eigenvalue weighted by Gasteiger charge is -2.45. The molecule has 0 atom stereocenters. The van der Waals surface area contributed by atoms with Crippen LogP contribution in [0.5, 0.6) is 11.5 Å². The molecule has 0 aliphatic carbocycles. The molecule has 2 aliphatic rings. The Balaban J connectivity index is 0.00000156. The maximum Gasteiger partial charge on any atom is 0.415 e. The molecule has 3 aromatic rings. The number of benzene rings is 2. The van der Waals surface area contributed by atoms with Crippen LogP contribution in [0.15, 0.2) is 30.6 Å². The van der Waals surface area contributed by atoms with Gasteiger partial charge in [-0.2, -0.15) is 0 Å². The average molecular weight is 512 g/mol. The number of methoxy groups -OCH3 is 1. The number of hydrogen-bond acceptors (Lipinski definition) is 8. The van der Waals surface area contributed by atoms with E-state index in [1.54, 1.807) is 24.0 Å². The van der Waals surface area contributed by atoms with Crippen molar-refractivity contribution in [2.24, 2.45) is 0 Å². The summed E-state index contributed by atoms with van der Waals surface area (Å²) in [5.74, 6) is 0.209. The number of anilines is 3. The van der Waals surface area contributed by atoms with Gasteiger partial charge in [0.1, 0.15) is 23.6 Å². The van der Waals surface area contributed by atoms with E-state index in [9.17, 15) is 14.3 Å². The minimum atomic E-state index is -0.542. The van der Waals surface area contributed by atoms with Crippen molar-refractivity contribution in [2.75, 3.05) is 43.5 Å². The third-order valence-electron chi connectivity index (χ3n) is 6.59. The van der Waals surface area contributed by atoms with Crippen LogP contribution < -0.4 is 15.0 Å². The second-order valence-electron chi connectivity index (χ2n) is 9.01. The molecule has 5 rings (SSSR count). The minimum absolute atomic E-state index is 0.0925. The number of nitrogens with zero attached hydrogens (tertiary/aromatic N) is 4. The predicted octanol–water partition coefficient (Wildman–Crippen LogP) is 5.24. The van der Waals surface area contributed by atoms with Gasteiger partial charge in [-0.05, 0) is 37.6 Å². The first-order valence-electron chi connectivity index (χ1n) is 12.7. The van der Waals surface area contributed by atoms with Gasteiger partial charge in [-0.3, -0.25) is 9.80 Å². The van der Waals surface area contributed by atoms with Crippen LogP contribution in [0.2, 0.25) is 0 Å². The van der Waals surface area contributed by atoms with Gasteiger partial charge in [0, 0.05) is 30.1 Å². The fourth-order valence-corrected chi connectivity index (χ4v) is 4.93. The first kappa shape index (κ1) is 26.4. The fraction of sp³-hybridized carbons (Fsp3) is 0.444. The van der Waals surface area contributed by atoms with Crippen molar-refractivity contribution in [1.82, 2.24) is 14.9 Å². The SMILES string of the molecule is CC.CCCN1CC2(C1)CN(c1cc3c(Nc4ccc(O)c(CC)c4F)ncnc3cc1OC)C(=O)O2. The molecule has 2 fully saturated rings. The molecule has 2 aliphatic heterocycles. The first-order chi connectivity index (χ1) is 17.9. The molecule has 10 heteroatoms. The molecule has 1 amide bonds. The van der Waals surface area contributed by atoms with Crippen molar-refractivity contribution in [3.63, 3.8) is 0 Å². The lowest BCUT2D eigenvalue weighted by molar-refractivity contribution is -0.0720. The Bertz CT molecular complexity index is 1300. The molecule has 9 nitrogen and oxygen atoms in total. The van der Waals surface area contributed by atoms with Crippen molar-refractivity contribution in [3.8, 4) is 11.5 Å². The Kier molecular flexibility index (Phi) is 7.68. The first-order valence-corrected chi connectivity index (χ1v) is 12.7. The Labute approximate surface area is 216 Å². The highest BCUT2D eigenvalue weighted by Crippen LogP contribution is 2.41. The summed E-state index contributed by atoms with van der Waals surface area (Å²) >= 11 is 0. The van der Waals surface area contributed by atoms with Crippen LogP contribution in [-0.4, -0.2) is 65.0 Å². The number of aromatic hydroxyl groups is 1. The lowest BCUT2D eigenvalue weighted by Crippen LogP contribution is -2.63. The van der Waals surface area contributed by atoms with Gasteiger partial charge in [0.05, 0.1) is 30.5 Å². The molecular formula is C27H34FN5O4. The van der Waals surface area contributed by atoms with Gasteiger partial charge < -0.3 is 19.9 Å². The topological polar surface area (TPSA) is 100 Å². The van der Waals surface area contributed by atoms with E-state index in [1.165, 1.54) is 25.6 Å². The molecule has 3 heterocycles.